The fourth-order valence-electron chi connectivity index (χ4n) is 2.05. The molecule has 0 aliphatic carbocycles. The van der Waals surface area contributed by atoms with Gasteiger partial charge in [0, 0.05) is 17.4 Å². The van der Waals surface area contributed by atoms with Gasteiger partial charge in [0.05, 0.1) is 6.54 Å². The molecule has 1 heterocycles. The number of hydrogen-bond acceptors (Lipinski definition) is 2. The fraction of sp³-hybridized carbons (Fsp3) is 0.500. The van der Waals surface area contributed by atoms with Crippen LogP contribution < -0.4 is 5.32 Å². The van der Waals surface area contributed by atoms with E-state index < -0.39 is 11.6 Å². The van der Waals surface area contributed by atoms with Crippen molar-refractivity contribution >= 4 is 16.9 Å². The molecule has 1 aliphatic rings. The summed E-state index contributed by atoms with van der Waals surface area (Å²) in [6.45, 7) is 4.54. The minimum atomic E-state index is -0.429. The largest absolute Gasteiger partial charge is 0.361 e. The number of nitrogens with zero attached hydrogens (tertiary/aromatic N) is 1. The molecule has 5 heteroatoms. The maximum absolute atomic E-state index is 13.4. The van der Waals surface area contributed by atoms with E-state index >= 15 is 0 Å². The van der Waals surface area contributed by atoms with Gasteiger partial charge in [0.15, 0.2) is 5.17 Å². The number of rotatable bonds is 4. The molecule has 0 spiro atoms. The van der Waals surface area contributed by atoms with Gasteiger partial charge in [-0.1, -0.05) is 25.6 Å². The first-order chi connectivity index (χ1) is 9.04. The predicted octanol–water partition coefficient (Wildman–Crippen LogP) is 3.57. The average molecular weight is 284 g/mol. The number of benzene rings is 1. The second-order valence-corrected chi connectivity index (χ2v) is 6.15. The van der Waals surface area contributed by atoms with E-state index in [1.54, 1.807) is 11.8 Å². The first-order valence-electron chi connectivity index (χ1n) is 6.42. The van der Waals surface area contributed by atoms with Gasteiger partial charge in [0.25, 0.3) is 0 Å². The maximum atomic E-state index is 13.4. The van der Waals surface area contributed by atoms with Gasteiger partial charge in [-0.25, -0.2) is 8.78 Å². The molecule has 0 bridgehead atoms. The highest BCUT2D eigenvalue weighted by Gasteiger charge is 2.20. The first kappa shape index (κ1) is 14.3. The van der Waals surface area contributed by atoms with Crippen molar-refractivity contribution in [2.75, 3.05) is 5.75 Å². The Morgan fingerprint density at radius 2 is 2.21 bits per heavy atom. The van der Waals surface area contributed by atoms with Crippen molar-refractivity contribution < 1.29 is 8.78 Å². The van der Waals surface area contributed by atoms with E-state index in [2.05, 4.69) is 24.2 Å². The van der Waals surface area contributed by atoms with Crippen LogP contribution in [0.15, 0.2) is 23.2 Å². The third-order valence-electron chi connectivity index (χ3n) is 2.91. The molecule has 1 atom stereocenters. The van der Waals surface area contributed by atoms with Gasteiger partial charge < -0.3 is 5.32 Å². The number of aliphatic imine (C=N–C) groups is 1. The van der Waals surface area contributed by atoms with Crippen LogP contribution in [0.5, 0.6) is 0 Å². The molecule has 1 aliphatic heterocycles. The lowest BCUT2D eigenvalue weighted by molar-refractivity contribution is 0.502. The van der Waals surface area contributed by atoms with Crippen LogP contribution in [0, 0.1) is 17.6 Å². The zero-order chi connectivity index (χ0) is 13.8. The monoisotopic (exact) mass is 284 g/mol. The van der Waals surface area contributed by atoms with E-state index in [1.807, 2.05) is 0 Å². The van der Waals surface area contributed by atoms with E-state index in [9.17, 15) is 8.78 Å². The number of hydrogen-bond donors (Lipinski definition) is 1. The lowest BCUT2D eigenvalue weighted by Crippen LogP contribution is -2.28. The van der Waals surface area contributed by atoms with Crippen molar-refractivity contribution in [2.45, 2.75) is 32.9 Å². The zero-order valence-electron chi connectivity index (χ0n) is 11.1. The number of thioether (sulfide) groups is 1. The van der Waals surface area contributed by atoms with Crippen LogP contribution in [0.1, 0.15) is 25.8 Å². The summed E-state index contributed by atoms with van der Waals surface area (Å²) in [5.41, 5.74) is 0.294. The molecule has 1 aromatic carbocycles. The molecule has 1 N–H and O–H groups in total. The van der Waals surface area contributed by atoms with Crippen molar-refractivity contribution in [1.29, 1.82) is 0 Å². The molecule has 1 unspecified atom stereocenters. The quantitative estimate of drug-likeness (QED) is 0.914. The van der Waals surface area contributed by atoms with E-state index in [-0.39, 0.29) is 6.54 Å². The van der Waals surface area contributed by atoms with Crippen molar-refractivity contribution in [3.05, 3.63) is 35.4 Å². The predicted molar refractivity (Wildman–Crippen MR) is 76.3 cm³/mol. The summed E-state index contributed by atoms with van der Waals surface area (Å²) in [6.07, 6.45) is 1.10. The molecule has 2 rings (SSSR count). The molecular weight excluding hydrogens is 266 g/mol. The van der Waals surface area contributed by atoms with Crippen LogP contribution in [0.2, 0.25) is 0 Å². The van der Waals surface area contributed by atoms with Crippen LogP contribution >= 0.6 is 11.8 Å². The second kappa shape index (κ2) is 6.37. The third kappa shape index (κ3) is 4.20. The highest BCUT2D eigenvalue weighted by atomic mass is 32.2. The topological polar surface area (TPSA) is 24.4 Å². The average Bonchev–Trinajstić information content (AvgIpc) is 2.77. The molecule has 104 valence electrons. The van der Waals surface area contributed by atoms with Gasteiger partial charge in [0.1, 0.15) is 11.6 Å². The standard InChI is InChI=1S/C14H18F2N2S/c1-9(2)5-12-8-19-14(18-12)17-7-10-6-11(15)3-4-13(10)16/h3-4,6,9,12H,5,7-8H2,1-2H3,(H,17,18). The third-order valence-corrected chi connectivity index (χ3v) is 3.99. The van der Waals surface area contributed by atoms with Gasteiger partial charge in [-0.05, 0) is 30.5 Å². The van der Waals surface area contributed by atoms with Crippen LogP contribution in [-0.4, -0.2) is 17.0 Å². The molecule has 1 aromatic rings. The Hall–Kier alpha value is -1.10. The lowest BCUT2D eigenvalue weighted by atomic mass is 10.1. The molecule has 0 amide bonds. The zero-order valence-corrected chi connectivity index (χ0v) is 11.9. The van der Waals surface area contributed by atoms with E-state index in [1.165, 1.54) is 6.07 Å². The van der Waals surface area contributed by atoms with Crippen molar-refractivity contribution in [3.63, 3.8) is 0 Å². The molecule has 0 aromatic heterocycles. The van der Waals surface area contributed by atoms with Crippen molar-refractivity contribution in [1.82, 2.24) is 5.32 Å². The SMILES string of the molecule is CC(C)CC1CSC(=NCc2cc(F)ccc2F)N1. The summed E-state index contributed by atoms with van der Waals surface area (Å²) in [7, 11) is 0. The summed E-state index contributed by atoms with van der Waals surface area (Å²) in [5.74, 6) is 0.787. The molecule has 0 saturated carbocycles. The van der Waals surface area contributed by atoms with Gasteiger partial charge in [-0.15, -0.1) is 0 Å². The van der Waals surface area contributed by atoms with E-state index in [4.69, 9.17) is 0 Å². The highest BCUT2D eigenvalue weighted by Crippen LogP contribution is 2.20. The Balaban J connectivity index is 1.94. The Bertz CT molecular complexity index is 475. The summed E-state index contributed by atoms with van der Waals surface area (Å²) in [5, 5.41) is 4.15. The fourth-order valence-corrected chi connectivity index (χ4v) is 3.03. The normalized spacial score (nSPS) is 21.1. The summed E-state index contributed by atoms with van der Waals surface area (Å²) in [6, 6.07) is 3.89. The van der Waals surface area contributed by atoms with Gasteiger partial charge in [-0.2, -0.15) is 0 Å². The number of halogens is 2. The maximum Gasteiger partial charge on any atom is 0.157 e. The lowest BCUT2D eigenvalue weighted by Gasteiger charge is -2.11. The van der Waals surface area contributed by atoms with Gasteiger partial charge in [0.2, 0.25) is 0 Å². The highest BCUT2D eigenvalue weighted by molar-refractivity contribution is 8.14. The van der Waals surface area contributed by atoms with Gasteiger partial charge >= 0.3 is 0 Å². The first-order valence-corrected chi connectivity index (χ1v) is 7.41. The molecule has 1 fully saturated rings. The summed E-state index contributed by atoms with van der Waals surface area (Å²) in [4.78, 5) is 4.31. The van der Waals surface area contributed by atoms with E-state index in [0.717, 1.165) is 29.5 Å². The van der Waals surface area contributed by atoms with Crippen molar-refractivity contribution in [2.24, 2.45) is 10.9 Å². The second-order valence-electron chi connectivity index (χ2n) is 5.14. The molecule has 2 nitrogen and oxygen atoms in total. The van der Waals surface area contributed by atoms with Crippen LogP contribution in [0.25, 0.3) is 0 Å². The van der Waals surface area contributed by atoms with Gasteiger partial charge in [-0.3, -0.25) is 4.99 Å². The Morgan fingerprint density at radius 1 is 1.42 bits per heavy atom. The van der Waals surface area contributed by atoms with E-state index in [0.29, 0.717) is 17.5 Å². The molecule has 0 radical (unpaired) electrons. The Morgan fingerprint density at radius 3 is 2.95 bits per heavy atom. The van der Waals surface area contributed by atoms with Crippen LogP contribution in [-0.2, 0) is 6.54 Å². The minimum absolute atomic E-state index is 0.174. The van der Waals surface area contributed by atoms with Crippen LogP contribution in [0.3, 0.4) is 0 Å². The van der Waals surface area contributed by atoms with Crippen molar-refractivity contribution in [3.8, 4) is 0 Å². The molecular formula is C14H18F2N2S. The summed E-state index contributed by atoms with van der Waals surface area (Å²) < 4.78 is 26.4. The Kier molecular flexibility index (Phi) is 4.80. The molecule has 1 saturated heterocycles. The number of nitrogens with one attached hydrogen (secondary N) is 1. The smallest absolute Gasteiger partial charge is 0.157 e. The van der Waals surface area contributed by atoms with Crippen LogP contribution in [0.4, 0.5) is 8.78 Å². The summed E-state index contributed by atoms with van der Waals surface area (Å²) >= 11 is 1.64. The molecule has 19 heavy (non-hydrogen) atoms. The Labute approximate surface area is 116 Å². The number of amidine groups is 1. The minimum Gasteiger partial charge on any atom is -0.361 e.